The van der Waals surface area contributed by atoms with Crippen molar-refractivity contribution in [3.8, 4) is 0 Å². The third-order valence-corrected chi connectivity index (χ3v) is 3.43. The molecule has 1 aromatic carbocycles. The second kappa shape index (κ2) is 7.86. The molecule has 112 valence electrons. The van der Waals surface area contributed by atoms with Gasteiger partial charge < -0.3 is 10.4 Å². The van der Waals surface area contributed by atoms with E-state index in [2.05, 4.69) is 17.2 Å². The van der Waals surface area contributed by atoms with Crippen LogP contribution in [0.25, 0.3) is 0 Å². The fraction of sp³-hybridized carbons (Fsp3) is 0.353. The van der Waals surface area contributed by atoms with E-state index in [-0.39, 0.29) is 11.9 Å². The summed E-state index contributed by atoms with van der Waals surface area (Å²) in [4.78, 5) is 4.37. The fourth-order valence-corrected chi connectivity index (χ4v) is 2.28. The molecule has 0 bridgehead atoms. The summed E-state index contributed by atoms with van der Waals surface area (Å²) in [5, 5.41) is 13.5. The van der Waals surface area contributed by atoms with Crippen LogP contribution < -0.4 is 5.32 Å². The van der Waals surface area contributed by atoms with Crippen molar-refractivity contribution in [2.24, 2.45) is 0 Å². The first kappa shape index (κ1) is 15.6. The van der Waals surface area contributed by atoms with Gasteiger partial charge in [0.25, 0.3) is 0 Å². The summed E-state index contributed by atoms with van der Waals surface area (Å²) in [7, 11) is 0. The average Bonchev–Trinajstić information content (AvgIpc) is 2.52. The molecular weight excluding hydrogens is 267 g/mol. The van der Waals surface area contributed by atoms with Gasteiger partial charge in [-0.2, -0.15) is 0 Å². The fourth-order valence-electron chi connectivity index (χ4n) is 2.28. The first-order valence-corrected chi connectivity index (χ1v) is 7.28. The van der Waals surface area contributed by atoms with Crippen LogP contribution in [0.1, 0.15) is 43.2 Å². The van der Waals surface area contributed by atoms with Crippen LogP contribution in [-0.4, -0.2) is 16.6 Å². The van der Waals surface area contributed by atoms with Crippen LogP contribution in [-0.2, 0) is 0 Å². The molecule has 2 rings (SSSR count). The van der Waals surface area contributed by atoms with Gasteiger partial charge in [-0.05, 0) is 36.2 Å². The largest absolute Gasteiger partial charge is 0.387 e. The van der Waals surface area contributed by atoms with E-state index < -0.39 is 6.10 Å². The highest BCUT2D eigenvalue weighted by atomic mass is 19.1. The van der Waals surface area contributed by atoms with Gasteiger partial charge in [0.15, 0.2) is 0 Å². The average molecular weight is 288 g/mol. The minimum Gasteiger partial charge on any atom is -0.387 e. The highest BCUT2D eigenvalue weighted by Crippen LogP contribution is 2.18. The molecule has 4 heteroatoms. The number of nitrogens with one attached hydrogen (secondary N) is 1. The summed E-state index contributed by atoms with van der Waals surface area (Å²) in [6.45, 7) is 2.53. The zero-order valence-corrected chi connectivity index (χ0v) is 12.2. The van der Waals surface area contributed by atoms with Crippen molar-refractivity contribution in [2.75, 3.05) is 6.54 Å². The highest BCUT2D eigenvalue weighted by Gasteiger charge is 2.14. The van der Waals surface area contributed by atoms with E-state index in [1.54, 1.807) is 18.3 Å². The number of aliphatic hydroxyl groups is 1. The number of halogens is 1. The summed E-state index contributed by atoms with van der Waals surface area (Å²) in [5.74, 6) is -0.295. The van der Waals surface area contributed by atoms with E-state index >= 15 is 0 Å². The minimum absolute atomic E-state index is 0.117. The number of aliphatic hydroxyl groups excluding tert-OH is 1. The van der Waals surface area contributed by atoms with Crippen molar-refractivity contribution in [3.05, 3.63) is 65.7 Å². The summed E-state index contributed by atoms with van der Waals surface area (Å²) < 4.78 is 12.9. The summed E-state index contributed by atoms with van der Waals surface area (Å²) in [6, 6.07) is 11.9. The van der Waals surface area contributed by atoms with Crippen LogP contribution in [0.4, 0.5) is 4.39 Å². The molecular formula is C17H21FN2O. The molecule has 2 aromatic rings. The third kappa shape index (κ3) is 4.62. The third-order valence-electron chi connectivity index (χ3n) is 3.43. The standard InChI is InChI=1S/C17H21FN2O/c1-2-5-15(16-6-3-4-11-19-16)20-12-17(21)13-7-9-14(18)10-8-13/h3-4,6-11,15,17,20-21H,2,5,12H2,1H3. The second-order valence-electron chi connectivity index (χ2n) is 5.07. The number of hydrogen-bond donors (Lipinski definition) is 2. The van der Waals surface area contributed by atoms with E-state index in [1.165, 1.54) is 12.1 Å². The van der Waals surface area contributed by atoms with Gasteiger partial charge in [0.05, 0.1) is 11.8 Å². The van der Waals surface area contributed by atoms with Crippen molar-refractivity contribution in [1.29, 1.82) is 0 Å². The number of benzene rings is 1. The number of rotatable bonds is 7. The Hall–Kier alpha value is -1.78. The van der Waals surface area contributed by atoms with E-state index in [1.807, 2.05) is 18.2 Å². The van der Waals surface area contributed by atoms with E-state index in [0.29, 0.717) is 12.1 Å². The maximum absolute atomic E-state index is 12.9. The molecule has 21 heavy (non-hydrogen) atoms. The second-order valence-corrected chi connectivity index (χ2v) is 5.07. The Kier molecular flexibility index (Phi) is 5.84. The molecule has 0 saturated heterocycles. The van der Waals surface area contributed by atoms with Gasteiger partial charge in [0, 0.05) is 18.8 Å². The van der Waals surface area contributed by atoms with Crippen LogP contribution in [0, 0.1) is 5.82 Å². The Balaban J connectivity index is 1.97. The van der Waals surface area contributed by atoms with Crippen molar-refractivity contribution < 1.29 is 9.50 Å². The Bertz CT molecular complexity index is 530. The zero-order chi connectivity index (χ0) is 15.1. The lowest BCUT2D eigenvalue weighted by Gasteiger charge is -2.20. The van der Waals surface area contributed by atoms with E-state index in [9.17, 15) is 9.50 Å². The van der Waals surface area contributed by atoms with Crippen LogP contribution >= 0.6 is 0 Å². The molecule has 2 unspecified atom stereocenters. The van der Waals surface area contributed by atoms with Crippen LogP contribution in [0.3, 0.4) is 0 Å². The monoisotopic (exact) mass is 288 g/mol. The minimum atomic E-state index is -0.659. The van der Waals surface area contributed by atoms with Crippen molar-refractivity contribution >= 4 is 0 Å². The maximum Gasteiger partial charge on any atom is 0.123 e. The molecule has 0 fully saturated rings. The van der Waals surface area contributed by atoms with Crippen molar-refractivity contribution in [3.63, 3.8) is 0 Å². The van der Waals surface area contributed by atoms with Crippen molar-refractivity contribution in [1.82, 2.24) is 10.3 Å². The lowest BCUT2D eigenvalue weighted by atomic mass is 10.1. The molecule has 0 aliphatic heterocycles. The lowest BCUT2D eigenvalue weighted by Crippen LogP contribution is -2.27. The first-order chi connectivity index (χ1) is 10.2. The maximum atomic E-state index is 12.9. The molecule has 0 radical (unpaired) electrons. The first-order valence-electron chi connectivity index (χ1n) is 7.28. The summed E-state index contributed by atoms with van der Waals surface area (Å²) in [5.41, 5.74) is 1.69. The number of aromatic nitrogens is 1. The smallest absolute Gasteiger partial charge is 0.123 e. The molecule has 0 aliphatic rings. The Morgan fingerprint density at radius 2 is 1.95 bits per heavy atom. The van der Waals surface area contributed by atoms with Gasteiger partial charge in [-0.1, -0.05) is 31.5 Å². The van der Waals surface area contributed by atoms with Gasteiger partial charge >= 0.3 is 0 Å². The number of pyridine rings is 1. The zero-order valence-electron chi connectivity index (χ0n) is 12.2. The summed E-state index contributed by atoms with van der Waals surface area (Å²) >= 11 is 0. The molecule has 1 heterocycles. The molecule has 2 N–H and O–H groups in total. The van der Waals surface area contributed by atoms with Gasteiger partial charge in [-0.25, -0.2) is 4.39 Å². The van der Waals surface area contributed by atoms with E-state index in [0.717, 1.165) is 18.5 Å². The number of nitrogens with zero attached hydrogens (tertiary/aromatic N) is 1. The Labute approximate surface area is 124 Å². The molecule has 0 saturated carbocycles. The molecule has 0 amide bonds. The van der Waals surface area contributed by atoms with Gasteiger partial charge in [0.1, 0.15) is 5.82 Å². The molecule has 0 spiro atoms. The van der Waals surface area contributed by atoms with Gasteiger partial charge in [-0.15, -0.1) is 0 Å². The van der Waals surface area contributed by atoms with Crippen LogP contribution in [0.2, 0.25) is 0 Å². The lowest BCUT2D eigenvalue weighted by molar-refractivity contribution is 0.168. The predicted octanol–water partition coefficient (Wildman–Crippen LogP) is 3.39. The predicted molar refractivity (Wildman–Crippen MR) is 81.2 cm³/mol. The normalized spacial score (nSPS) is 13.9. The van der Waals surface area contributed by atoms with Gasteiger partial charge in [-0.3, -0.25) is 4.98 Å². The molecule has 2 atom stereocenters. The van der Waals surface area contributed by atoms with Gasteiger partial charge in [0.2, 0.25) is 0 Å². The SMILES string of the molecule is CCCC(NCC(O)c1ccc(F)cc1)c1ccccn1. The topological polar surface area (TPSA) is 45.1 Å². The molecule has 0 aliphatic carbocycles. The highest BCUT2D eigenvalue weighted by molar-refractivity contribution is 5.19. The number of hydrogen-bond acceptors (Lipinski definition) is 3. The summed E-state index contributed by atoms with van der Waals surface area (Å²) in [6.07, 6.45) is 3.10. The Morgan fingerprint density at radius 1 is 1.19 bits per heavy atom. The molecule has 1 aromatic heterocycles. The molecule has 3 nitrogen and oxygen atoms in total. The van der Waals surface area contributed by atoms with E-state index in [4.69, 9.17) is 0 Å². The van der Waals surface area contributed by atoms with Crippen LogP contribution in [0.15, 0.2) is 48.7 Å². The van der Waals surface area contributed by atoms with Crippen LogP contribution in [0.5, 0.6) is 0 Å². The van der Waals surface area contributed by atoms with Crippen molar-refractivity contribution in [2.45, 2.75) is 31.9 Å². The Morgan fingerprint density at radius 3 is 2.57 bits per heavy atom. The quantitative estimate of drug-likeness (QED) is 0.821.